The lowest BCUT2D eigenvalue weighted by atomic mass is 9.44. The van der Waals surface area contributed by atoms with Gasteiger partial charge in [0.15, 0.2) is 0 Å². The summed E-state index contributed by atoms with van der Waals surface area (Å²) in [4.78, 5) is 18.7. The van der Waals surface area contributed by atoms with Gasteiger partial charge >= 0.3 is 5.97 Å². The maximum Gasteiger partial charge on any atom is 0.306 e. The molecule has 0 aromatic carbocycles. The monoisotopic (exact) mass is 504 g/mol. The summed E-state index contributed by atoms with van der Waals surface area (Å²) in [5.74, 6) is 2.81. The number of hydrogen-bond acceptors (Lipinski definition) is 4. The maximum atomic E-state index is 12.3. The molecule has 0 saturated heterocycles. The Bertz CT molecular complexity index is 769. The molecular formula is C30H52O4Si. The van der Waals surface area contributed by atoms with E-state index in [1.54, 1.807) is 0 Å². The van der Waals surface area contributed by atoms with E-state index in [1.165, 1.54) is 32.8 Å². The van der Waals surface area contributed by atoms with Crippen LogP contribution in [0.15, 0.2) is 12.2 Å². The van der Waals surface area contributed by atoms with E-state index in [9.17, 15) is 4.79 Å². The maximum absolute atomic E-state index is 12.3. The quantitative estimate of drug-likeness (QED) is 0.110. The lowest BCUT2D eigenvalue weighted by molar-refractivity contribution is -0.279. The lowest BCUT2D eigenvalue weighted by Crippen LogP contribution is -2.54. The zero-order chi connectivity index (χ0) is 25.6. The molecule has 35 heavy (non-hydrogen) atoms. The highest BCUT2D eigenvalue weighted by molar-refractivity contribution is 6.77. The third kappa shape index (κ3) is 4.61. The molecule has 0 bridgehead atoms. The highest BCUT2D eigenvalue weighted by atomic mass is 28.4. The molecule has 3 saturated carbocycles. The number of ether oxygens (including phenoxy) is 1. The van der Waals surface area contributed by atoms with Crippen LogP contribution >= 0.6 is 0 Å². The van der Waals surface area contributed by atoms with Gasteiger partial charge in [-0.2, -0.15) is 0 Å². The summed E-state index contributed by atoms with van der Waals surface area (Å²) in [5, 5.41) is 0. The molecule has 0 amide bonds. The molecule has 3 fully saturated rings. The van der Waals surface area contributed by atoms with Gasteiger partial charge in [-0.15, -0.1) is 0 Å². The predicted molar refractivity (Wildman–Crippen MR) is 144 cm³/mol. The number of esters is 1. The van der Waals surface area contributed by atoms with E-state index in [4.69, 9.17) is 14.2 Å². The summed E-state index contributed by atoms with van der Waals surface area (Å²) in [6.07, 6.45) is 15.2. The Morgan fingerprint density at radius 1 is 0.971 bits per heavy atom. The first-order valence-electron chi connectivity index (χ1n) is 14.6. The second kappa shape index (κ2) is 10.2. The van der Waals surface area contributed by atoms with Crippen LogP contribution in [0.3, 0.4) is 0 Å². The van der Waals surface area contributed by atoms with Crippen molar-refractivity contribution < 1.29 is 19.0 Å². The minimum absolute atomic E-state index is 0.0404. The molecule has 5 heteroatoms. The van der Waals surface area contributed by atoms with E-state index in [0.29, 0.717) is 34.4 Å². The van der Waals surface area contributed by atoms with Crippen molar-refractivity contribution >= 4 is 14.3 Å². The Kier molecular flexibility index (Phi) is 8.02. The van der Waals surface area contributed by atoms with E-state index in [0.717, 1.165) is 43.4 Å². The standard InChI is InChI=1S/C30H52O4Si/c1-20(2)35(21(3)4,22(5)6)34-33-24-13-16-29(7)23(18-24)11-12-25-26(29)14-17-30(19-28(31)32-8)15-9-10-27(25)30/h9,15,20-27H,10-14,16-19H2,1-8H3/t23?,24-,25+,26-,27-,29-,30-/m0/s1. The number of carbonyl (C=O) groups is 1. The zero-order valence-electron chi connectivity index (χ0n) is 23.8. The van der Waals surface area contributed by atoms with Gasteiger partial charge in [0.2, 0.25) is 8.32 Å². The third-order valence-electron chi connectivity index (χ3n) is 11.5. The van der Waals surface area contributed by atoms with Crippen molar-refractivity contribution in [3.8, 4) is 0 Å². The van der Waals surface area contributed by atoms with Crippen molar-refractivity contribution in [1.82, 2.24) is 0 Å². The molecule has 0 aromatic rings. The van der Waals surface area contributed by atoms with Gasteiger partial charge in [0, 0.05) is 5.41 Å². The van der Waals surface area contributed by atoms with Gasteiger partial charge in [0.25, 0.3) is 0 Å². The number of carbonyl (C=O) groups excluding carboxylic acids is 1. The molecule has 0 aromatic heterocycles. The summed E-state index contributed by atoms with van der Waals surface area (Å²) < 4.78 is 11.7. The minimum Gasteiger partial charge on any atom is -0.469 e. The molecule has 0 spiro atoms. The molecule has 1 unspecified atom stereocenters. The Labute approximate surface area is 216 Å². The van der Waals surface area contributed by atoms with Crippen LogP contribution < -0.4 is 0 Å². The summed E-state index contributed by atoms with van der Waals surface area (Å²) >= 11 is 0. The van der Waals surface area contributed by atoms with Crippen LogP contribution in [-0.2, 0) is 19.0 Å². The number of allylic oxidation sites excluding steroid dienone is 2. The first-order chi connectivity index (χ1) is 16.5. The van der Waals surface area contributed by atoms with Crippen molar-refractivity contribution in [2.24, 2.45) is 34.5 Å². The van der Waals surface area contributed by atoms with E-state index in [1.807, 2.05) is 0 Å². The van der Waals surface area contributed by atoms with Crippen LogP contribution in [0.2, 0.25) is 16.6 Å². The average Bonchev–Trinajstić information content (AvgIpc) is 3.22. The summed E-state index contributed by atoms with van der Waals surface area (Å²) in [6, 6.07) is 0. The van der Waals surface area contributed by atoms with Crippen LogP contribution in [0, 0.1) is 34.5 Å². The fraction of sp³-hybridized carbons (Fsp3) is 0.900. The smallest absolute Gasteiger partial charge is 0.306 e. The van der Waals surface area contributed by atoms with E-state index in [-0.39, 0.29) is 17.5 Å². The largest absolute Gasteiger partial charge is 0.469 e. The van der Waals surface area contributed by atoms with Crippen molar-refractivity contribution in [2.75, 3.05) is 7.11 Å². The predicted octanol–water partition coefficient (Wildman–Crippen LogP) is 8.23. The average molecular weight is 505 g/mol. The first kappa shape index (κ1) is 27.4. The lowest BCUT2D eigenvalue weighted by Gasteiger charge is -2.60. The van der Waals surface area contributed by atoms with Gasteiger partial charge in [0.05, 0.1) is 19.6 Å². The minimum atomic E-state index is -2.01. The Balaban J connectivity index is 1.43. The van der Waals surface area contributed by atoms with Gasteiger partial charge in [-0.3, -0.25) is 9.37 Å². The molecule has 0 radical (unpaired) electrons. The fourth-order valence-corrected chi connectivity index (χ4v) is 14.6. The van der Waals surface area contributed by atoms with Crippen LogP contribution in [0.5, 0.6) is 0 Å². The normalized spacial score (nSPS) is 39.0. The molecule has 200 valence electrons. The highest BCUT2D eigenvalue weighted by Gasteiger charge is 2.59. The molecule has 0 aliphatic heterocycles. The van der Waals surface area contributed by atoms with E-state index < -0.39 is 8.32 Å². The highest BCUT2D eigenvalue weighted by Crippen LogP contribution is 2.66. The zero-order valence-corrected chi connectivity index (χ0v) is 24.8. The Morgan fingerprint density at radius 2 is 1.66 bits per heavy atom. The number of hydrogen-bond donors (Lipinski definition) is 0. The molecule has 0 N–H and O–H groups in total. The Morgan fingerprint density at radius 3 is 2.29 bits per heavy atom. The van der Waals surface area contributed by atoms with Crippen molar-refractivity contribution in [1.29, 1.82) is 0 Å². The third-order valence-corrected chi connectivity index (χ3v) is 17.2. The second-order valence-electron chi connectivity index (χ2n) is 13.7. The molecular weight excluding hydrogens is 452 g/mol. The van der Waals surface area contributed by atoms with Crippen LogP contribution in [0.4, 0.5) is 0 Å². The second-order valence-corrected chi connectivity index (χ2v) is 19.1. The number of methoxy groups -OCH3 is 1. The first-order valence-corrected chi connectivity index (χ1v) is 16.7. The molecule has 0 heterocycles. The molecule has 4 nitrogen and oxygen atoms in total. The van der Waals surface area contributed by atoms with Crippen molar-refractivity contribution in [2.45, 2.75) is 129 Å². The summed E-state index contributed by atoms with van der Waals surface area (Å²) in [7, 11) is -0.476. The van der Waals surface area contributed by atoms with E-state index >= 15 is 0 Å². The molecule has 4 aliphatic rings. The molecule has 7 atom stereocenters. The van der Waals surface area contributed by atoms with Crippen LogP contribution in [0.1, 0.15) is 106 Å². The van der Waals surface area contributed by atoms with Crippen LogP contribution in [0.25, 0.3) is 0 Å². The van der Waals surface area contributed by atoms with Gasteiger partial charge in [-0.1, -0.05) is 60.6 Å². The summed E-state index contributed by atoms with van der Waals surface area (Å²) in [6.45, 7) is 16.6. The molecule has 4 aliphatic carbocycles. The van der Waals surface area contributed by atoms with Crippen LogP contribution in [-0.4, -0.2) is 27.5 Å². The van der Waals surface area contributed by atoms with Gasteiger partial charge in [0.1, 0.15) is 0 Å². The fourth-order valence-electron chi connectivity index (χ4n) is 9.67. The number of rotatable bonds is 8. The van der Waals surface area contributed by atoms with Gasteiger partial charge in [-0.25, -0.2) is 4.89 Å². The van der Waals surface area contributed by atoms with Gasteiger partial charge in [-0.05, 0) is 97.1 Å². The summed E-state index contributed by atoms with van der Waals surface area (Å²) in [5.41, 5.74) is 2.06. The number of fused-ring (bicyclic) bond motifs is 5. The Hall–Kier alpha value is -0.653. The van der Waals surface area contributed by atoms with Gasteiger partial charge < -0.3 is 4.74 Å². The van der Waals surface area contributed by atoms with Crippen molar-refractivity contribution in [3.05, 3.63) is 12.2 Å². The SMILES string of the molecule is COC(=O)C[C@@]12C=CC[C@H]1[C@@H]1CCC3C[C@@H](OO[Si](C(C)C)(C(C)C)C(C)C)CC[C@]3(C)[C@H]1CC2. The topological polar surface area (TPSA) is 44.8 Å². The molecule has 4 rings (SSSR count). The van der Waals surface area contributed by atoms with Crippen molar-refractivity contribution in [3.63, 3.8) is 0 Å². The van der Waals surface area contributed by atoms with E-state index in [2.05, 4.69) is 60.6 Å².